The minimum absolute atomic E-state index is 0.121. The van der Waals surface area contributed by atoms with Crippen LogP contribution in [-0.4, -0.2) is 23.9 Å². The largest absolute Gasteiger partial charge is 0.393 e. The van der Waals surface area contributed by atoms with Gasteiger partial charge in [0.1, 0.15) is 0 Å². The molecule has 0 amide bonds. The van der Waals surface area contributed by atoms with Crippen molar-refractivity contribution in [2.24, 2.45) is 5.73 Å². The van der Waals surface area contributed by atoms with E-state index in [0.29, 0.717) is 0 Å². The molecule has 0 aliphatic heterocycles. The maximum absolute atomic E-state index is 9.46. The number of nitrogens with one attached hydrogen (secondary N) is 1. The molecule has 14 heavy (non-hydrogen) atoms. The van der Waals surface area contributed by atoms with Crippen molar-refractivity contribution < 1.29 is 5.11 Å². The molecule has 0 fully saturated rings. The topological polar surface area (TPSA) is 58.3 Å². The second-order valence-electron chi connectivity index (χ2n) is 3.93. The van der Waals surface area contributed by atoms with E-state index in [1.165, 1.54) is 0 Å². The first-order valence-corrected chi connectivity index (χ1v) is 5.87. The van der Waals surface area contributed by atoms with Crippen molar-refractivity contribution in [3.05, 3.63) is 0 Å². The van der Waals surface area contributed by atoms with Gasteiger partial charge in [0.15, 0.2) is 0 Å². The molecule has 0 aromatic heterocycles. The van der Waals surface area contributed by atoms with Gasteiger partial charge in [-0.2, -0.15) is 0 Å². The zero-order chi connectivity index (χ0) is 10.8. The van der Waals surface area contributed by atoms with E-state index in [1.54, 1.807) is 0 Å². The molecule has 86 valence electrons. The van der Waals surface area contributed by atoms with Crippen molar-refractivity contribution >= 4 is 0 Å². The van der Waals surface area contributed by atoms with Crippen LogP contribution < -0.4 is 11.1 Å². The van der Waals surface area contributed by atoms with Gasteiger partial charge in [0.05, 0.1) is 12.3 Å². The van der Waals surface area contributed by atoms with Crippen molar-refractivity contribution in [2.75, 3.05) is 6.54 Å². The Bertz CT molecular complexity index is 106. The molecule has 0 bridgehead atoms. The van der Waals surface area contributed by atoms with Gasteiger partial charge in [-0.3, -0.25) is 0 Å². The SMILES string of the molecule is CCCC(O)CCCNC(N)CCC. The van der Waals surface area contributed by atoms with Crippen molar-refractivity contribution in [3.63, 3.8) is 0 Å². The van der Waals surface area contributed by atoms with E-state index in [0.717, 1.165) is 45.1 Å². The van der Waals surface area contributed by atoms with Crippen molar-refractivity contribution in [1.82, 2.24) is 5.32 Å². The molecule has 4 N–H and O–H groups in total. The van der Waals surface area contributed by atoms with Crippen LogP contribution in [0.1, 0.15) is 52.4 Å². The number of nitrogens with two attached hydrogens (primary N) is 1. The third-order valence-corrected chi connectivity index (χ3v) is 2.34. The Morgan fingerprint density at radius 2 is 1.79 bits per heavy atom. The predicted octanol–water partition coefficient (Wildman–Crippen LogP) is 1.60. The van der Waals surface area contributed by atoms with Gasteiger partial charge >= 0.3 is 0 Å². The fraction of sp³-hybridized carbons (Fsp3) is 1.00. The lowest BCUT2D eigenvalue weighted by atomic mass is 10.1. The van der Waals surface area contributed by atoms with Crippen molar-refractivity contribution in [1.29, 1.82) is 0 Å². The number of aliphatic hydroxyl groups is 1. The Morgan fingerprint density at radius 1 is 1.14 bits per heavy atom. The van der Waals surface area contributed by atoms with Gasteiger partial charge in [-0.25, -0.2) is 0 Å². The van der Waals surface area contributed by atoms with Crippen LogP contribution in [0.2, 0.25) is 0 Å². The van der Waals surface area contributed by atoms with E-state index in [2.05, 4.69) is 19.2 Å². The summed E-state index contributed by atoms with van der Waals surface area (Å²) in [6, 6.07) is 0. The monoisotopic (exact) mass is 202 g/mol. The molecule has 0 saturated carbocycles. The summed E-state index contributed by atoms with van der Waals surface area (Å²) in [6.07, 6.45) is 6.03. The summed E-state index contributed by atoms with van der Waals surface area (Å²) in [5, 5.41) is 12.7. The number of rotatable bonds is 9. The molecule has 3 heteroatoms. The molecule has 0 saturated heterocycles. The van der Waals surface area contributed by atoms with Gasteiger partial charge in [0.2, 0.25) is 0 Å². The van der Waals surface area contributed by atoms with E-state index in [-0.39, 0.29) is 12.3 Å². The Morgan fingerprint density at radius 3 is 2.36 bits per heavy atom. The van der Waals surface area contributed by atoms with E-state index >= 15 is 0 Å². The molecule has 0 radical (unpaired) electrons. The molecule has 0 aromatic rings. The van der Waals surface area contributed by atoms with Gasteiger partial charge in [0, 0.05) is 0 Å². The summed E-state index contributed by atoms with van der Waals surface area (Å²) in [5.41, 5.74) is 5.79. The smallest absolute Gasteiger partial charge is 0.0546 e. The number of hydrogen-bond acceptors (Lipinski definition) is 3. The highest BCUT2D eigenvalue weighted by atomic mass is 16.3. The quantitative estimate of drug-likeness (QED) is 0.393. The Labute approximate surface area is 88.1 Å². The van der Waals surface area contributed by atoms with E-state index < -0.39 is 0 Å². The Hall–Kier alpha value is -0.120. The van der Waals surface area contributed by atoms with Gasteiger partial charge in [0.25, 0.3) is 0 Å². The van der Waals surface area contributed by atoms with Crippen LogP contribution in [0, 0.1) is 0 Å². The Balaban J connectivity index is 3.19. The summed E-state index contributed by atoms with van der Waals surface area (Å²) in [4.78, 5) is 0. The van der Waals surface area contributed by atoms with Crippen molar-refractivity contribution in [3.8, 4) is 0 Å². The number of hydrogen-bond donors (Lipinski definition) is 3. The van der Waals surface area contributed by atoms with Crippen molar-refractivity contribution in [2.45, 2.75) is 64.6 Å². The first-order chi connectivity index (χ1) is 6.70. The molecule has 0 spiro atoms. The fourth-order valence-corrected chi connectivity index (χ4v) is 1.52. The summed E-state index contributed by atoms with van der Waals surface area (Å²) >= 11 is 0. The fourth-order valence-electron chi connectivity index (χ4n) is 1.52. The molecule has 2 unspecified atom stereocenters. The summed E-state index contributed by atoms with van der Waals surface area (Å²) in [7, 11) is 0. The second-order valence-corrected chi connectivity index (χ2v) is 3.93. The second kappa shape index (κ2) is 9.44. The van der Waals surface area contributed by atoms with Crippen LogP contribution in [0.3, 0.4) is 0 Å². The number of aliphatic hydroxyl groups excluding tert-OH is 1. The minimum atomic E-state index is -0.121. The maximum atomic E-state index is 9.46. The third kappa shape index (κ3) is 8.48. The molecular weight excluding hydrogens is 176 g/mol. The first-order valence-electron chi connectivity index (χ1n) is 5.87. The highest BCUT2D eigenvalue weighted by Gasteiger charge is 2.03. The standard InChI is InChI=1S/C11H26N2O/c1-3-6-10(14)8-5-9-13-11(12)7-4-2/h10-11,13-14H,3-9,12H2,1-2H3. The average molecular weight is 202 g/mol. The van der Waals surface area contributed by atoms with Gasteiger partial charge < -0.3 is 16.2 Å². The highest BCUT2D eigenvalue weighted by molar-refractivity contribution is 4.60. The van der Waals surface area contributed by atoms with E-state index in [1.807, 2.05) is 0 Å². The van der Waals surface area contributed by atoms with Crippen LogP contribution in [0.25, 0.3) is 0 Å². The first kappa shape index (κ1) is 13.9. The predicted molar refractivity (Wildman–Crippen MR) is 61.0 cm³/mol. The van der Waals surface area contributed by atoms with E-state index in [9.17, 15) is 5.11 Å². The Kier molecular flexibility index (Phi) is 9.35. The third-order valence-electron chi connectivity index (χ3n) is 2.34. The lowest BCUT2D eigenvalue weighted by Gasteiger charge is -2.13. The van der Waals surface area contributed by atoms with Crippen LogP contribution in [0.5, 0.6) is 0 Å². The van der Waals surface area contributed by atoms with Crippen LogP contribution in [-0.2, 0) is 0 Å². The summed E-state index contributed by atoms with van der Waals surface area (Å²) in [6.45, 7) is 5.15. The van der Waals surface area contributed by atoms with Crippen LogP contribution in [0.4, 0.5) is 0 Å². The average Bonchev–Trinajstić information content (AvgIpc) is 2.13. The molecule has 0 heterocycles. The molecule has 2 atom stereocenters. The molecule has 0 aliphatic carbocycles. The lowest BCUT2D eigenvalue weighted by molar-refractivity contribution is 0.150. The van der Waals surface area contributed by atoms with Crippen LogP contribution in [0.15, 0.2) is 0 Å². The van der Waals surface area contributed by atoms with Gasteiger partial charge in [-0.15, -0.1) is 0 Å². The molecular formula is C11H26N2O. The molecule has 0 aromatic carbocycles. The minimum Gasteiger partial charge on any atom is -0.393 e. The van der Waals surface area contributed by atoms with E-state index in [4.69, 9.17) is 5.73 Å². The highest BCUT2D eigenvalue weighted by Crippen LogP contribution is 2.03. The molecule has 0 rings (SSSR count). The molecule has 0 aliphatic rings. The summed E-state index contributed by atoms with van der Waals surface area (Å²) in [5.74, 6) is 0. The molecule has 3 nitrogen and oxygen atoms in total. The normalized spacial score (nSPS) is 15.4. The van der Waals surface area contributed by atoms with Gasteiger partial charge in [-0.1, -0.05) is 26.7 Å². The van der Waals surface area contributed by atoms with Gasteiger partial charge in [-0.05, 0) is 32.2 Å². The van der Waals surface area contributed by atoms with Crippen LogP contribution >= 0.6 is 0 Å². The zero-order valence-corrected chi connectivity index (χ0v) is 9.63. The zero-order valence-electron chi connectivity index (χ0n) is 9.63. The maximum Gasteiger partial charge on any atom is 0.0546 e. The summed E-state index contributed by atoms with van der Waals surface area (Å²) < 4.78 is 0. The lowest BCUT2D eigenvalue weighted by Crippen LogP contribution is -2.37.